The Labute approximate surface area is 288 Å². The van der Waals surface area contributed by atoms with Crippen molar-refractivity contribution in [1.29, 1.82) is 0 Å². The number of allylic oxidation sites excluding steroid dienone is 4. The number of hydrogen-bond donors (Lipinski definition) is 0. The van der Waals surface area contributed by atoms with Crippen LogP contribution in [-0.2, 0) is 0 Å². The van der Waals surface area contributed by atoms with E-state index in [1.54, 1.807) is 0 Å². The fourth-order valence-corrected chi connectivity index (χ4v) is 8.88. The Hall–Kier alpha value is -5.66. The quantitative estimate of drug-likeness (QED) is 0.139. The average molecular weight is 628 g/mol. The van der Waals surface area contributed by atoms with Crippen LogP contribution in [0.1, 0.15) is 42.2 Å². The van der Waals surface area contributed by atoms with Crippen molar-refractivity contribution in [2.45, 2.75) is 37.1 Å². The van der Waals surface area contributed by atoms with Gasteiger partial charge in [-0.25, -0.2) is 0 Å². The highest BCUT2D eigenvalue weighted by atomic mass is 15.2. The van der Waals surface area contributed by atoms with Gasteiger partial charge in [0, 0.05) is 23.2 Å². The molecule has 1 aliphatic heterocycles. The monoisotopic (exact) mass is 627 g/mol. The van der Waals surface area contributed by atoms with E-state index in [4.69, 9.17) is 0 Å². The molecule has 0 fully saturated rings. The van der Waals surface area contributed by atoms with Gasteiger partial charge < -0.3 is 4.90 Å². The number of rotatable bonds is 4. The predicted octanol–water partition coefficient (Wildman–Crippen LogP) is 12.7. The van der Waals surface area contributed by atoms with Crippen LogP contribution in [0.15, 0.2) is 176 Å². The maximum Gasteiger partial charge on any atom is 0.0592 e. The first-order valence-corrected chi connectivity index (χ1v) is 17.8. The van der Waals surface area contributed by atoms with E-state index in [1.165, 1.54) is 77.1 Å². The molecule has 0 N–H and O–H groups in total. The maximum atomic E-state index is 2.59. The fourth-order valence-electron chi connectivity index (χ4n) is 8.88. The van der Waals surface area contributed by atoms with Crippen molar-refractivity contribution in [2.24, 2.45) is 0 Å². The van der Waals surface area contributed by atoms with E-state index in [9.17, 15) is 0 Å². The van der Waals surface area contributed by atoms with Gasteiger partial charge in [0.1, 0.15) is 0 Å². The van der Waals surface area contributed by atoms with Gasteiger partial charge in [-0.2, -0.15) is 0 Å². The molecule has 3 aliphatic rings. The topological polar surface area (TPSA) is 3.24 Å². The third-order valence-electron chi connectivity index (χ3n) is 11.2. The minimum Gasteiger partial charge on any atom is -0.334 e. The molecule has 0 spiro atoms. The molecule has 10 rings (SSSR count). The smallest absolute Gasteiger partial charge is 0.0592 e. The van der Waals surface area contributed by atoms with E-state index in [-0.39, 0.29) is 0 Å². The molecule has 3 atom stereocenters. The fraction of sp³-hybridized carbons (Fsp3) is 0.125. The normalized spacial score (nSPS) is 19.7. The molecule has 1 heteroatoms. The average Bonchev–Trinajstić information content (AvgIpc) is 3.52. The van der Waals surface area contributed by atoms with Gasteiger partial charge in [0.05, 0.1) is 6.04 Å². The van der Waals surface area contributed by atoms with Crippen LogP contribution < -0.4 is 4.90 Å². The Bertz CT molecular complexity index is 2480. The van der Waals surface area contributed by atoms with Crippen LogP contribution in [0.5, 0.6) is 0 Å². The molecule has 0 saturated carbocycles. The molecular formula is C48H37N. The summed E-state index contributed by atoms with van der Waals surface area (Å²) in [7, 11) is 0. The third kappa shape index (κ3) is 4.68. The zero-order chi connectivity index (χ0) is 32.3. The number of nitrogens with zero attached hydrogens (tertiary/aromatic N) is 1. The van der Waals surface area contributed by atoms with Gasteiger partial charge >= 0.3 is 0 Å². The van der Waals surface area contributed by atoms with E-state index in [2.05, 4.69) is 175 Å². The van der Waals surface area contributed by atoms with Crippen LogP contribution in [0, 0.1) is 0 Å². The lowest BCUT2D eigenvalue weighted by Gasteiger charge is -2.34. The largest absolute Gasteiger partial charge is 0.334 e. The highest BCUT2D eigenvalue weighted by Gasteiger charge is 2.41. The van der Waals surface area contributed by atoms with E-state index in [0.717, 1.165) is 19.3 Å². The molecule has 2 aliphatic carbocycles. The van der Waals surface area contributed by atoms with Crippen molar-refractivity contribution in [3.8, 4) is 22.3 Å². The van der Waals surface area contributed by atoms with Gasteiger partial charge in [0.15, 0.2) is 0 Å². The van der Waals surface area contributed by atoms with Crippen LogP contribution in [0.3, 0.4) is 0 Å². The predicted molar refractivity (Wildman–Crippen MR) is 208 cm³/mol. The zero-order valence-electron chi connectivity index (χ0n) is 27.5. The Morgan fingerprint density at radius 3 is 1.86 bits per heavy atom. The minimum absolute atomic E-state index is 0.375. The van der Waals surface area contributed by atoms with Crippen LogP contribution >= 0.6 is 0 Å². The lowest BCUT2D eigenvalue weighted by atomic mass is 9.78. The number of anilines is 1. The summed E-state index contributed by atoms with van der Waals surface area (Å²) in [5.74, 6) is 0.868. The second kappa shape index (κ2) is 11.5. The van der Waals surface area contributed by atoms with Crippen LogP contribution in [0.4, 0.5) is 5.69 Å². The summed E-state index contributed by atoms with van der Waals surface area (Å²) >= 11 is 0. The van der Waals surface area contributed by atoms with Crippen molar-refractivity contribution in [1.82, 2.24) is 0 Å². The molecule has 1 nitrogen and oxygen atoms in total. The van der Waals surface area contributed by atoms with Gasteiger partial charge in [-0.05, 0) is 109 Å². The second-order valence-corrected chi connectivity index (χ2v) is 13.9. The molecule has 0 amide bonds. The molecular weight excluding hydrogens is 591 g/mol. The van der Waals surface area contributed by atoms with Crippen molar-refractivity contribution < 1.29 is 0 Å². The van der Waals surface area contributed by atoms with Crippen LogP contribution in [0.25, 0.3) is 54.6 Å². The summed E-state index contributed by atoms with van der Waals surface area (Å²) in [5, 5.41) is 7.87. The summed E-state index contributed by atoms with van der Waals surface area (Å²) in [6.07, 6.45) is 15.4. The summed E-state index contributed by atoms with van der Waals surface area (Å²) in [4.78, 5) is 2.59. The van der Waals surface area contributed by atoms with Gasteiger partial charge in [-0.1, -0.05) is 146 Å². The number of hydrogen-bond acceptors (Lipinski definition) is 1. The van der Waals surface area contributed by atoms with Crippen molar-refractivity contribution >= 4 is 38.0 Å². The zero-order valence-corrected chi connectivity index (χ0v) is 27.5. The van der Waals surface area contributed by atoms with Crippen molar-refractivity contribution in [3.63, 3.8) is 0 Å². The number of fused-ring (bicyclic) bond motifs is 9. The first kappa shape index (κ1) is 28.4. The molecule has 0 saturated heterocycles. The van der Waals surface area contributed by atoms with E-state index >= 15 is 0 Å². The Balaban J connectivity index is 0.993. The molecule has 7 aromatic rings. The summed E-state index contributed by atoms with van der Waals surface area (Å²) in [5.41, 5.74) is 10.6. The summed E-state index contributed by atoms with van der Waals surface area (Å²) in [6, 6.07) is 52.5. The van der Waals surface area contributed by atoms with Crippen LogP contribution in [0.2, 0.25) is 0 Å². The highest BCUT2D eigenvalue weighted by molar-refractivity contribution is 6.25. The molecule has 1 heterocycles. The molecule has 7 aromatic carbocycles. The maximum absolute atomic E-state index is 2.59. The standard InChI is InChI=1S/C48H37N/c1-2-16-38(17-3-1)49-47-23-9-8-22-44(47)46-31-37(25-27-48(46)49)35-15-11-13-33(29-35)32-12-10-14-34(28-32)36-24-26-43-41-20-5-4-18-39(41)40-19-6-7-21-42(40)45(43)30-36/h2,4-30,37,46,48H,1,3,31H2. The van der Waals surface area contributed by atoms with Crippen LogP contribution in [-0.4, -0.2) is 6.04 Å². The van der Waals surface area contributed by atoms with Gasteiger partial charge in [-0.3, -0.25) is 0 Å². The van der Waals surface area contributed by atoms with Gasteiger partial charge in [0.25, 0.3) is 0 Å². The van der Waals surface area contributed by atoms with E-state index in [0.29, 0.717) is 17.9 Å². The molecule has 0 bridgehead atoms. The highest BCUT2D eigenvalue weighted by Crippen LogP contribution is 2.51. The third-order valence-corrected chi connectivity index (χ3v) is 11.2. The second-order valence-electron chi connectivity index (χ2n) is 13.9. The molecule has 49 heavy (non-hydrogen) atoms. The molecule has 3 unspecified atom stereocenters. The summed E-state index contributed by atoms with van der Waals surface area (Å²) < 4.78 is 0. The molecule has 0 radical (unpaired) electrons. The van der Waals surface area contributed by atoms with E-state index < -0.39 is 0 Å². The van der Waals surface area contributed by atoms with Gasteiger partial charge in [-0.15, -0.1) is 0 Å². The molecule has 0 aromatic heterocycles. The molecule has 234 valence electrons. The Kier molecular flexibility index (Phi) is 6.65. The van der Waals surface area contributed by atoms with Crippen molar-refractivity contribution in [3.05, 3.63) is 187 Å². The van der Waals surface area contributed by atoms with Crippen molar-refractivity contribution in [2.75, 3.05) is 4.90 Å². The van der Waals surface area contributed by atoms with Gasteiger partial charge in [0.2, 0.25) is 0 Å². The first-order chi connectivity index (χ1) is 24.3. The summed E-state index contributed by atoms with van der Waals surface area (Å²) in [6.45, 7) is 0. The Morgan fingerprint density at radius 1 is 0.490 bits per heavy atom. The number of benzene rings is 7. The van der Waals surface area contributed by atoms with E-state index in [1.807, 2.05) is 0 Å². The Morgan fingerprint density at radius 2 is 1.12 bits per heavy atom. The first-order valence-electron chi connectivity index (χ1n) is 17.8. The number of para-hydroxylation sites is 1. The lowest BCUT2D eigenvalue weighted by Crippen LogP contribution is -2.34. The lowest BCUT2D eigenvalue weighted by molar-refractivity contribution is 0.528. The SMILES string of the molecule is C1=CC(N2c3ccccc3C3CC(c4cccc(-c5cccc(-c6ccc7c8ccccc8c8ccccc8c7c6)c5)c4)C=CC32)=CCC1. The minimum atomic E-state index is 0.375.